The first-order valence-corrected chi connectivity index (χ1v) is 10.2. The molecule has 1 aliphatic carbocycles. The van der Waals surface area contributed by atoms with E-state index in [9.17, 15) is 13.2 Å². The first kappa shape index (κ1) is 18.3. The lowest BCUT2D eigenvalue weighted by molar-refractivity contribution is -0.129. The minimum absolute atomic E-state index is 0.140. The van der Waals surface area contributed by atoms with Crippen LogP contribution < -0.4 is 0 Å². The van der Waals surface area contributed by atoms with Gasteiger partial charge in [-0.1, -0.05) is 43.7 Å². The van der Waals surface area contributed by atoms with Crippen molar-refractivity contribution in [3.05, 3.63) is 29.3 Å². The second-order valence-electron chi connectivity index (χ2n) is 6.22. The summed E-state index contributed by atoms with van der Waals surface area (Å²) in [6.07, 6.45) is 7.78. The zero-order valence-corrected chi connectivity index (χ0v) is 15.1. The van der Waals surface area contributed by atoms with E-state index in [0.717, 1.165) is 25.7 Å². The van der Waals surface area contributed by atoms with Crippen LogP contribution in [0.25, 0.3) is 0 Å². The maximum absolute atomic E-state index is 12.4. The van der Waals surface area contributed by atoms with E-state index in [-0.39, 0.29) is 16.8 Å². The molecule has 0 bridgehead atoms. The van der Waals surface area contributed by atoms with E-state index in [2.05, 4.69) is 0 Å². The number of amides is 1. The lowest BCUT2D eigenvalue weighted by atomic mass is 9.96. The van der Waals surface area contributed by atoms with Gasteiger partial charge in [-0.25, -0.2) is 8.42 Å². The summed E-state index contributed by atoms with van der Waals surface area (Å²) >= 11 is 5.78. The Hall–Kier alpha value is -1.07. The van der Waals surface area contributed by atoms with Crippen LogP contribution >= 0.6 is 11.6 Å². The van der Waals surface area contributed by atoms with Gasteiger partial charge in [0.05, 0.1) is 4.90 Å². The Kier molecular flexibility index (Phi) is 6.48. The fraction of sp³-hybridized carbons (Fsp3) is 0.588. The first-order chi connectivity index (χ1) is 10.9. The SMILES string of the molecule is CN(C(=O)CS(=O)(=O)c1ccc(Cl)cc1)C1CCCCCCC1. The normalized spacial score (nSPS) is 17.3. The Morgan fingerprint density at radius 1 is 1.09 bits per heavy atom. The second-order valence-corrected chi connectivity index (χ2v) is 8.64. The molecule has 2 rings (SSSR count). The molecule has 0 spiro atoms. The molecule has 6 heteroatoms. The van der Waals surface area contributed by atoms with E-state index in [4.69, 9.17) is 11.6 Å². The standard InChI is InChI=1S/C17H24ClNO3S/c1-19(15-7-5-3-2-4-6-8-15)17(20)13-23(21,22)16-11-9-14(18)10-12-16/h9-12,15H,2-8,13H2,1H3. The van der Waals surface area contributed by atoms with E-state index in [0.29, 0.717) is 5.02 Å². The van der Waals surface area contributed by atoms with E-state index in [1.165, 1.54) is 43.5 Å². The van der Waals surface area contributed by atoms with Gasteiger partial charge in [-0.05, 0) is 37.1 Å². The van der Waals surface area contributed by atoms with Gasteiger partial charge in [-0.2, -0.15) is 0 Å². The summed E-state index contributed by atoms with van der Waals surface area (Å²) in [7, 11) is -1.90. The fourth-order valence-corrected chi connectivity index (χ4v) is 4.39. The zero-order valence-electron chi connectivity index (χ0n) is 13.5. The van der Waals surface area contributed by atoms with Crippen molar-refractivity contribution in [2.24, 2.45) is 0 Å². The van der Waals surface area contributed by atoms with Gasteiger partial charge in [-0.15, -0.1) is 0 Å². The van der Waals surface area contributed by atoms with Gasteiger partial charge in [0, 0.05) is 18.1 Å². The summed E-state index contributed by atoms with van der Waals surface area (Å²) in [4.78, 5) is 14.2. The van der Waals surface area contributed by atoms with E-state index < -0.39 is 15.6 Å². The maximum atomic E-state index is 12.4. The van der Waals surface area contributed by atoms with E-state index in [1.54, 1.807) is 11.9 Å². The van der Waals surface area contributed by atoms with Crippen LogP contribution in [0.5, 0.6) is 0 Å². The molecule has 1 aliphatic rings. The summed E-state index contributed by atoms with van der Waals surface area (Å²) in [5, 5.41) is 0.474. The Morgan fingerprint density at radius 3 is 2.17 bits per heavy atom. The summed E-state index contributed by atoms with van der Waals surface area (Å²) < 4.78 is 24.7. The number of hydrogen-bond acceptors (Lipinski definition) is 3. The lowest BCUT2D eigenvalue weighted by Gasteiger charge is -2.29. The first-order valence-electron chi connectivity index (χ1n) is 8.14. The Bertz CT molecular complexity index is 620. The third-order valence-corrected chi connectivity index (χ3v) is 6.37. The largest absolute Gasteiger partial charge is 0.342 e. The molecule has 1 saturated carbocycles. The molecule has 4 nitrogen and oxygen atoms in total. The van der Waals surface area contributed by atoms with Crippen molar-refractivity contribution in [2.75, 3.05) is 12.8 Å². The lowest BCUT2D eigenvalue weighted by Crippen LogP contribution is -2.40. The summed E-state index contributed by atoms with van der Waals surface area (Å²) in [6, 6.07) is 6.10. The van der Waals surface area contributed by atoms with Crippen LogP contribution in [-0.2, 0) is 14.6 Å². The van der Waals surface area contributed by atoms with Crippen LogP contribution in [0.3, 0.4) is 0 Å². The molecular weight excluding hydrogens is 334 g/mol. The van der Waals surface area contributed by atoms with Crippen LogP contribution in [0.4, 0.5) is 0 Å². The number of nitrogens with zero attached hydrogens (tertiary/aromatic N) is 1. The molecule has 1 aromatic rings. The van der Waals surface area contributed by atoms with Gasteiger partial charge < -0.3 is 4.90 Å². The van der Waals surface area contributed by atoms with Crippen LogP contribution in [0.2, 0.25) is 5.02 Å². The minimum atomic E-state index is -3.63. The molecule has 0 aromatic heterocycles. The molecule has 0 atom stereocenters. The molecule has 128 valence electrons. The third kappa shape index (κ3) is 5.21. The van der Waals surface area contributed by atoms with Crippen molar-refractivity contribution in [1.82, 2.24) is 4.90 Å². The van der Waals surface area contributed by atoms with Gasteiger partial charge >= 0.3 is 0 Å². The van der Waals surface area contributed by atoms with Crippen molar-refractivity contribution < 1.29 is 13.2 Å². The van der Waals surface area contributed by atoms with Gasteiger partial charge in [0.15, 0.2) is 9.84 Å². The fourth-order valence-electron chi connectivity index (χ4n) is 3.02. The van der Waals surface area contributed by atoms with Crippen LogP contribution in [-0.4, -0.2) is 38.1 Å². The van der Waals surface area contributed by atoms with Crippen molar-refractivity contribution >= 4 is 27.3 Å². The number of halogens is 1. The molecule has 0 saturated heterocycles. The molecule has 1 amide bonds. The van der Waals surface area contributed by atoms with Gasteiger partial charge in [-0.3, -0.25) is 4.79 Å². The van der Waals surface area contributed by atoms with Crippen molar-refractivity contribution in [3.8, 4) is 0 Å². The van der Waals surface area contributed by atoms with Gasteiger partial charge in [0.1, 0.15) is 5.75 Å². The highest BCUT2D eigenvalue weighted by Gasteiger charge is 2.26. The van der Waals surface area contributed by atoms with Crippen molar-refractivity contribution in [3.63, 3.8) is 0 Å². The highest BCUT2D eigenvalue weighted by molar-refractivity contribution is 7.92. The van der Waals surface area contributed by atoms with Gasteiger partial charge in [0.25, 0.3) is 0 Å². The molecule has 23 heavy (non-hydrogen) atoms. The molecule has 1 aromatic carbocycles. The van der Waals surface area contributed by atoms with E-state index in [1.807, 2.05) is 0 Å². The predicted molar refractivity (Wildman–Crippen MR) is 92.4 cm³/mol. The smallest absolute Gasteiger partial charge is 0.238 e. The molecule has 0 unspecified atom stereocenters. The minimum Gasteiger partial charge on any atom is -0.342 e. The van der Waals surface area contributed by atoms with Crippen molar-refractivity contribution in [2.45, 2.75) is 55.9 Å². The number of hydrogen-bond donors (Lipinski definition) is 0. The van der Waals surface area contributed by atoms with Crippen LogP contribution in [0.1, 0.15) is 44.9 Å². The molecule has 0 N–H and O–H groups in total. The summed E-state index contributed by atoms with van der Waals surface area (Å²) in [5.41, 5.74) is 0. The van der Waals surface area contributed by atoms with Crippen molar-refractivity contribution in [1.29, 1.82) is 0 Å². The molecule has 0 radical (unpaired) electrons. The summed E-state index contributed by atoms with van der Waals surface area (Å²) in [5.74, 6) is -0.813. The van der Waals surface area contributed by atoms with Crippen LogP contribution in [0.15, 0.2) is 29.2 Å². The number of sulfone groups is 1. The Morgan fingerprint density at radius 2 is 1.61 bits per heavy atom. The third-order valence-electron chi connectivity index (χ3n) is 4.50. The molecule has 1 fully saturated rings. The van der Waals surface area contributed by atoms with Gasteiger partial charge in [0.2, 0.25) is 5.91 Å². The topological polar surface area (TPSA) is 54.5 Å². The number of carbonyl (C=O) groups is 1. The van der Waals surface area contributed by atoms with E-state index >= 15 is 0 Å². The number of rotatable bonds is 4. The highest BCUT2D eigenvalue weighted by Crippen LogP contribution is 2.22. The zero-order chi connectivity index (χ0) is 16.9. The number of carbonyl (C=O) groups excluding carboxylic acids is 1. The molecule has 0 heterocycles. The number of benzene rings is 1. The predicted octanol–water partition coefficient (Wildman–Crippen LogP) is 3.69. The Balaban J connectivity index is 2.02. The quantitative estimate of drug-likeness (QED) is 0.825. The van der Waals surface area contributed by atoms with Crippen LogP contribution in [0, 0.1) is 0 Å². The second kappa shape index (κ2) is 8.15. The summed E-state index contributed by atoms with van der Waals surface area (Å²) in [6.45, 7) is 0. The average Bonchev–Trinajstić information content (AvgIpc) is 2.46. The maximum Gasteiger partial charge on any atom is 0.238 e. The highest BCUT2D eigenvalue weighted by atomic mass is 35.5. The Labute approximate surface area is 143 Å². The molecule has 0 aliphatic heterocycles. The molecular formula is C17H24ClNO3S. The average molecular weight is 358 g/mol. The monoisotopic (exact) mass is 357 g/mol.